The van der Waals surface area contributed by atoms with Crippen molar-refractivity contribution in [3.8, 4) is 0 Å². The van der Waals surface area contributed by atoms with E-state index in [0.717, 1.165) is 35.8 Å². The summed E-state index contributed by atoms with van der Waals surface area (Å²) in [5, 5.41) is 12.2. The maximum atomic E-state index is 10.1. The lowest BCUT2D eigenvalue weighted by molar-refractivity contribution is 0.166. The molecular weight excluding hydrogens is 310 g/mol. The highest BCUT2D eigenvalue weighted by Crippen LogP contribution is 2.30. The summed E-state index contributed by atoms with van der Waals surface area (Å²) in [6.45, 7) is 0.899. The summed E-state index contributed by atoms with van der Waals surface area (Å²) in [6.07, 6.45) is 8.40. The van der Waals surface area contributed by atoms with E-state index in [0.29, 0.717) is 0 Å². The van der Waals surface area contributed by atoms with Crippen LogP contribution in [0.5, 0.6) is 0 Å². The molecule has 3 rings (SSSR count). The summed E-state index contributed by atoms with van der Waals surface area (Å²) in [6, 6.07) is 2.16. The molecule has 2 nitrogen and oxygen atoms in total. The first kappa shape index (κ1) is 12.5. The standard InChI is InChI=1S/C14H16BrNOS/c15-11-5-12(18-9-11)7-16-6-10-3-1-2-4-14(17)13(10)8-16/h5-6,8-9,14,17H,1-4,7H2. The Morgan fingerprint density at radius 2 is 2.28 bits per heavy atom. The Kier molecular flexibility index (Phi) is 3.59. The Morgan fingerprint density at radius 3 is 3.06 bits per heavy atom. The minimum Gasteiger partial charge on any atom is -0.388 e. The molecule has 1 aliphatic carbocycles. The van der Waals surface area contributed by atoms with Gasteiger partial charge >= 0.3 is 0 Å². The lowest BCUT2D eigenvalue weighted by Gasteiger charge is -2.06. The van der Waals surface area contributed by atoms with E-state index in [9.17, 15) is 5.11 Å². The van der Waals surface area contributed by atoms with Gasteiger partial charge in [0.2, 0.25) is 0 Å². The van der Waals surface area contributed by atoms with Crippen molar-refractivity contribution in [2.45, 2.75) is 38.3 Å². The topological polar surface area (TPSA) is 25.2 Å². The molecule has 0 saturated carbocycles. The maximum absolute atomic E-state index is 10.1. The largest absolute Gasteiger partial charge is 0.388 e. The fourth-order valence-electron chi connectivity index (χ4n) is 2.60. The zero-order valence-electron chi connectivity index (χ0n) is 10.1. The number of nitrogens with zero attached hydrogens (tertiary/aromatic N) is 1. The van der Waals surface area contributed by atoms with Crippen molar-refractivity contribution in [1.82, 2.24) is 4.57 Å². The lowest BCUT2D eigenvalue weighted by Crippen LogP contribution is -1.97. The van der Waals surface area contributed by atoms with E-state index in [2.05, 4.69) is 44.3 Å². The van der Waals surface area contributed by atoms with E-state index in [1.54, 1.807) is 11.3 Å². The van der Waals surface area contributed by atoms with E-state index in [4.69, 9.17) is 0 Å². The first-order chi connectivity index (χ1) is 8.72. The van der Waals surface area contributed by atoms with Crippen molar-refractivity contribution in [2.75, 3.05) is 0 Å². The van der Waals surface area contributed by atoms with E-state index in [1.165, 1.54) is 16.9 Å². The smallest absolute Gasteiger partial charge is 0.0807 e. The summed E-state index contributed by atoms with van der Waals surface area (Å²) >= 11 is 5.25. The second kappa shape index (κ2) is 5.19. The van der Waals surface area contributed by atoms with Gasteiger partial charge in [0.05, 0.1) is 12.6 Å². The third kappa shape index (κ3) is 2.56. The van der Waals surface area contributed by atoms with Gasteiger partial charge in [-0.15, -0.1) is 11.3 Å². The number of hydrogen-bond donors (Lipinski definition) is 1. The van der Waals surface area contributed by atoms with E-state index in [-0.39, 0.29) is 6.10 Å². The van der Waals surface area contributed by atoms with Gasteiger partial charge in [-0.25, -0.2) is 0 Å². The van der Waals surface area contributed by atoms with Crippen molar-refractivity contribution in [3.63, 3.8) is 0 Å². The number of hydrogen-bond acceptors (Lipinski definition) is 2. The first-order valence-electron chi connectivity index (χ1n) is 6.32. The molecule has 0 spiro atoms. The van der Waals surface area contributed by atoms with Crippen molar-refractivity contribution >= 4 is 27.3 Å². The third-order valence-corrected chi connectivity index (χ3v) is 5.17. The molecule has 1 aliphatic rings. The molecule has 1 atom stereocenters. The predicted octanol–water partition coefficient (Wildman–Crippen LogP) is 4.12. The van der Waals surface area contributed by atoms with Crippen molar-refractivity contribution in [1.29, 1.82) is 0 Å². The van der Waals surface area contributed by atoms with Crippen LogP contribution in [0, 0.1) is 0 Å². The summed E-state index contributed by atoms with van der Waals surface area (Å²) < 4.78 is 3.36. The number of aliphatic hydroxyl groups is 1. The fourth-order valence-corrected chi connectivity index (χ4v) is 4.06. The second-order valence-corrected chi connectivity index (χ2v) is 6.82. The van der Waals surface area contributed by atoms with Gasteiger partial charge in [0, 0.05) is 32.7 Å². The molecule has 18 heavy (non-hydrogen) atoms. The van der Waals surface area contributed by atoms with Crippen LogP contribution in [0.1, 0.15) is 41.4 Å². The van der Waals surface area contributed by atoms with Gasteiger partial charge in [0.15, 0.2) is 0 Å². The minimum atomic E-state index is -0.265. The van der Waals surface area contributed by atoms with Gasteiger partial charge in [-0.2, -0.15) is 0 Å². The number of aromatic nitrogens is 1. The Morgan fingerprint density at radius 1 is 1.39 bits per heavy atom. The van der Waals surface area contributed by atoms with Crippen LogP contribution in [0.15, 0.2) is 28.3 Å². The first-order valence-corrected chi connectivity index (χ1v) is 7.99. The molecule has 2 heterocycles. The SMILES string of the molecule is OC1CCCCc2cn(Cc3cc(Br)cs3)cc21. The fraction of sp³-hybridized carbons (Fsp3) is 0.429. The van der Waals surface area contributed by atoms with Crippen LogP contribution in [-0.2, 0) is 13.0 Å². The number of rotatable bonds is 2. The lowest BCUT2D eigenvalue weighted by atomic mass is 10.1. The monoisotopic (exact) mass is 325 g/mol. The Bertz CT molecular complexity index is 546. The zero-order valence-corrected chi connectivity index (χ0v) is 12.5. The van der Waals surface area contributed by atoms with Gasteiger partial charge in [0.25, 0.3) is 0 Å². The maximum Gasteiger partial charge on any atom is 0.0807 e. The van der Waals surface area contributed by atoms with Gasteiger partial charge < -0.3 is 9.67 Å². The summed E-state index contributed by atoms with van der Waals surface area (Å²) in [4.78, 5) is 1.33. The van der Waals surface area contributed by atoms with Crippen LogP contribution >= 0.6 is 27.3 Å². The Hall–Kier alpha value is -0.580. The molecule has 0 radical (unpaired) electrons. The van der Waals surface area contributed by atoms with Crippen LogP contribution in [0.25, 0.3) is 0 Å². The molecular formula is C14H16BrNOS. The summed E-state index contributed by atoms with van der Waals surface area (Å²) in [5.74, 6) is 0. The molecule has 4 heteroatoms. The van der Waals surface area contributed by atoms with Crippen molar-refractivity contribution in [3.05, 3.63) is 44.3 Å². The molecule has 0 bridgehead atoms. The molecule has 0 saturated heterocycles. The van der Waals surface area contributed by atoms with Crippen LogP contribution < -0.4 is 0 Å². The average Bonchev–Trinajstić information content (AvgIpc) is 2.88. The van der Waals surface area contributed by atoms with E-state index < -0.39 is 0 Å². The highest BCUT2D eigenvalue weighted by Gasteiger charge is 2.18. The summed E-state index contributed by atoms with van der Waals surface area (Å²) in [7, 11) is 0. The van der Waals surface area contributed by atoms with Gasteiger partial charge in [-0.3, -0.25) is 0 Å². The molecule has 1 N–H and O–H groups in total. The van der Waals surface area contributed by atoms with Crippen LogP contribution in [-0.4, -0.2) is 9.67 Å². The second-order valence-electron chi connectivity index (χ2n) is 4.90. The normalized spacial score (nSPS) is 19.6. The molecule has 2 aromatic rings. The molecule has 96 valence electrons. The van der Waals surface area contributed by atoms with Crippen molar-refractivity contribution in [2.24, 2.45) is 0 Å². The molecule has 0 amide bonds. The Balaban J connectivity index is 1.84. The number of halogens is 1. The molecule has 0 fully saturated rings. The molecule has 1 unspecified atom stereocenters. The summed E-state index contributed by atoms with van der Waals surface area (Å²) in [5.41, 5.74) is 2.47. The minimum absolute atomic E-state index is 0.265. The molecule has 0 aromatic carbocycles. The average molecular weight is 326 g/mol. The number of fused-ring (bicyclic) bond motifs is 1. The highest BCUT2D eigenvalue weighted by molar-refractivity contribution is 9.10. The van der Waals surface area contributed by atoms with Gasteiger partial charge in [0.1, 0.15) is 0 Å². The molecule has 2 aromatic heterocycles. The quantitative estimate of drug-likeness (QED) is 0.825. The van der Waals surface area contributed by atoms with Crippen LogP contribution in [0.3, 0.4) is 0 Å². The predicted molar refractivity (Wildman–Crippen MR) is 78.1 cm³/mol. The van der Waals surface area contributed by atoms with Gasteiger partial charge in [-0.1, -0.05) is 6.42 Å². The van der Waals surface area contributed by atoms with Crippen LogP contribution in [0.4, 0.5) is 0 Å². The van der Waals surface area contributed by atoms with E-state index in [1.807, 2.05) is 0 Å². The van der Waals surface area contributed by atoms with Crippen molar-refractivity contribution < 1.29 is 5.11 Å². The van der Waals surface area contributed by atoms with Crippen LogP contribution in [0.2, 0.25) is 0 Å². The molecule has 0 aliphatic heterocycles. The van der Waals surface area contributed by atoms with E-state index >= 15 is 0 Å². The Labute approximate surface area is 119 Å². The highest BCUT2D eigenvalue weighted by atomic mass is 79.9. The zero-order chi connectivity index (χ0) is 12.5. The number of aryl methyl sites for hydroxylation is 1. The third-order valence-electron chi connectivity index (χ3n) is 3.49. The number of aliphatic hydroxyl groups excluding tert-OH is 1. The number of thiophene rings is 1. The van der Waals surface area contributed by atoms with Gasteiger partial charge in [-0.05, 0) is 46.8 Å².